The van der Waals surface area contributed by atoms with E-state index in [0.29, 0.717) is 6.42 Å². The molecule has 1 atom stereocenters. The fourth-order valence-electron chi connectivity index (χ4n) is 2.48. The third-order valence-electron chi connectivity index (χ3n) is 3.56. The predicted molar refractivity (Wildman–Crippen MR) is 74.9 cm³/mol. The smallest absolute Gasteiger partial charge is 0.258 e. The van der Waals surface area contributed by atoms with Crippen LogP contribution in [0.15, 0.2) is 0 Å². The van der Waals surface area contributed by atoms with E-state index in [1.807, 2.05) is 0 Å². The van der Waals surface area contributed by atoms with Crippen LogP contribution in [-0.4, -0.2) is 34.6 Å². The Morgan fingerprint density at radius 2 is 2.10 bits per heavy atom. The van der Waals surface area contributed by atoms with Crippen molar-refractivity contribution in [2.75, 3.05) is 11.5 Å². The van der Waals surface area contributed by atoms with Crippen LogP contribution in [0.5, 0.6) is 0 Å². The van der Waals surface area contributed by atoms with Gasteiger partial charge in [-0.15, -0.1) is 0 Å². The van der Waals surface area contributed by atoms with Gasteiger partial charge in [-0.05, 0) is 13.3 Å². The lowest BCUT2D eigenvalue weighted by Crippen LogP contribution is -2.32. The highest BCUT2D eigenvalue weighted by molar-refractivity contribution is 7.91. The molecule has 0 aliphatic carbocycles. The van der Waals surface area contributed by atoms with E-state index >= 15 is 0 Å². The molecule has 1 aliphatic rings. The summed E-state index contributed by atoms with van der Waals surface area (Å²) in [5, 5.41) is 15.3. The standard InChI is InChI=1S/C11H16ClN3O4S/c1-7(2)8-9(15(16)17)10(12)14(13-8)11(3)4-5-20(18,19)6-11/h7H,4-6H2,1-3H3. The van der Waals surface area contributed by atoms with Gasteiger partial charge in [-0.25, -0.2) is 13.1 Å². The molecule has 9 heteroatoms. The Labute approximate surface area is 122 Å². The van der Waals surface area contributed by atoms with Crippen LogP contribution in [0.1, 0.15) is 38.8 Å². The number of hydrogen-bond acceptors (Lipinski definition) is 5. The van der Waals surface area contributed by atoms with E-state index in [2.05, 4.69) is 5.10 Å². The highest BCUT2D eigenvalue weighted by Gasteiger charge is 2.44. The molecule has 1 aromatic rings. The van der Waals surface area contributed by atoms with E-state index in [-0.39, 0.29) is 34.0 Å². The first kappa shape index (κ1) is 15.2. The monoisotopic (exact) mass is 321 g/mol. The summed E-state index contributed by atoms with van der Waals surface area (Å²) in [6.07, 6.45) is 0.353. The molecular formula is C11H16ClN3O4S. The molecule has 1 aliphatic heterocycles. The quantitative estimate of drug-likeness (QED) is 0.627. The summed E-state index contributed by atoms with van der Waals surface area (Å²) in [5.41, 5.74) is -0.772. The SMILES string of the molecule is CC(C)c1nn(C2(C)CCS(=O)(=O)C2)c(Cl)c1[N+](=O)[O-]. The summed E-state index contributed by atoms with van der Waals surface area (Å²) >= 11 is 6.10. The molecule has 112 valence electrons. The molecule has 1 unspecified atom stereocenters. The third kappa shape index (κ3) is 2.42. The second kappa shape index (κ2) is 4.70. The first-order valence-electron chi connectivity index (χ1n) is 6.21. The highest BCUT2D eigenvalue weighted by Crippen LogP contribution is 2.39. The zero-order chi connectivity index (χ0) is 15.3. The minimum absolute atomic E-state index is 0.0461. The molecule has 20 heavy (non-hydrogen) atoms. The van der Waals surface area contributed by atoms with Gasteiger partial charge in [0.2, 0.25) is 5.15 Å². The number of nitrogens with zero attached hydrogens (tertiary/aromatic N) is 3. The topological polar surface area (TPSA) is 95.1 Å². The Hall–Kier alpha value is -1.15. The van der Waals surface area contributed by atoms with Crippen LogP contribution in [0, 0.1) is 10.1 Å². The molecule has 0 saturated carbocycles. The Morgan fingerprint density at radius 3 is 2.45 bits per heavy atom. The lowest BCUT2D eigenvalue weighted by molar-refractivity contribution is -0.385. The van der Waals surface area contributed by atoms with Gasteiger partial charge in [0, 0.05) is 5.92 Å². The van der Waals surface area contributed by atoms with Gasteiger partial charge in [0.1, 0.15) is 5.69 Å². The van der Waals surface area contributed by atoms with E-state index in [1.54, 1.807) is 20.8 Å². The molecular weight excluding hydrogens is 306 g/mol. The summed E-state index contributed by atoms with van der Waals surface area (Å²) in [6.45, 7) is 5.28. The normalized spacial score (nSPS) is 25.2. The van der Waals surface area contributed by atoms with Crippen molar-refractivity contribution in [3.8, 4) is 0 Å². The van der Waals surface area contributed by atoms with Gasteiger partial charge < -0.3 is 0 Å². The van der Waals surface area contributed by atoms with E-state index in [0.717, 1.165) is 0 Å². The Morgan fingerprint density at radius 1 is 1.50 bits per heavy atom. The van der Waals surface area contributed by atoms with Crippen LogP contribution in [0.4, 0.5) is 5.69 Å². The van der Waals surface area contributed by atoms with E-state index in [9.17, 15) is 18.5 Å². The number of sulfone groups is 1. The maximum Gasteiger partial charge on any atom is 0.329 e. The average molecular weight is 322 g/mol. The summed E-state index contributed by atoms with van der Waals surface area (Å²) in [6, 6.07) is 0. The number of rotatable bonds is 3. The molecule has 1 aromatic heterocycles. The van der Waals surface area contributed by atoms with Crippen molar-refractivity contribution in [1.29, 1.82) is 0 Å². The lowest BCUT2D eigenvalue weighted by Gasteiger charge is -2.23. The summed E-state index contributed by atoms with van der Waals surface area (Å²) in [5.74, 6) is -0.226. The maximum atomic E-state index is 11.7. The van der Waals surface area contributed by atoms with Crippen LogP contribution in [0.2, 0.25) is 5.15 Å². The van der Waals surface area contributed by atoms with Crippen molar-refractivity contribution in [1.82, 2.24) is 9.78 Å². The summed E-state index contributed by atoms with van der Waals surface area (Å²) in [4.78, 5) is 10.6. The van der Waals surface area contributed by atoms with Crippen molar-refractivity contribution < 1.29 is 13.3 Å². The molecule has 7 nitrogen and oxygen atoms in total. The van der Waals surface area contributed by atoms with Crippen LogP contribution < -0.4 is 0 Å². The highest BCUT2D eigenvalue weighted by atomic mass is 35.5. The largest absolute Gasteiger partial charge is 0.329 e. The van der Waals surface area contributed by atoms with Crippen molar-refractivity contribution in [2.45, 2.75) is 38.6 Å². The zero-order valence-corrected chi connectivity index (χ0v) is 13.0. The second-order valence-electron chi connectivity index (χ2n) is 5.69. The Bertz CT molecular complexity index is 667. The minimum atomic E-state index is -3.15. The van der Waals surface area contributed by atoms with Gasteiger partial charge in [-0.2, -0.15) is 5.10 Å². The van der Waals surface area contributed by atoms with Crippen LogP contribution in [-0.2, 0) is 15.4 Å². The summed E-state index contributed by atoms with van der Waals surface area (Å²) < 4.78 is 24.7. The minimum Gasteiger partial charge on any atom is -0.258 e. The average Bonchev–Trinajstić information content (AvgIpc) is 2.77. The number of nitro groups is 1. The molecule has 1 fully saturated rings. The predicted octanol–water partition coefficient (Wildman–Crippen LogP) is 2.10. The molecule has 0 spiro atoms. The first-order chi connectivity index (χ1) is 9.07. The van der Waals surface area contributed by atoms with Crippen molar-refractivity contribution in [3.05, 3.63) is 21.0 Å². The van der Waals surface area contributed by atoms with Crippen molar-refractivity contribution >= 4 is 27.1 Å². The van der Waals surface area contributed by atoms with Crippen LogP contribution in [0.3, 0.4) is 0 Å². The first-order valence-corrected chi connectivity index (χ1v) is 8.41. The number of aromatic nitrogens is 2. The van der Waals surface area contributed by atoms with Crippen LogP contribution >= 0.6 is 11.6 Å². The van der Waals surface area contributed by atoms with Gasteiger partial charge in [-0.1, -0.05) is 25.4 Å². The molecule has 0 radical (unpaired) electrons. The molecule has 2 rings (SSSR count). The third-order valence-corrected chi connectivity index (χ3v) is 5.78. The van der Waals surface area contributed by atoms with Crippen LogP contribution in [0.25, 0.3) is 0 Å². The van der Waals surface area contributed by atoms with Crippen molar-refractivity contribution in [3.63, 3.8) is 0 Å². The Kier molecular flexibility index (Phi) is 3.58. The second-order valence-corrected chi connectivity index (χ2v) is 8.23. The number of halogens is 1. The Balaban J connectivity index is 2.60. The van der Waals surface area contributed by atoms with Gasteiger partial charge in [-0.3, -0.25) is 10.1 Å². The van der Waals surface area contributed by atoms with E-state index in [1.165, 1.54) is 4.68 Å². The van der Waals surface area contributed by atoms with Crippen molar-refractivity contribution in [2.24, 2.45) is 0 Å². The molecule has 0 N–H and O–H groups in total. The lowest BCUT2D eigenvalue weighted by atomic mass is 10.0. The van der Waals surface area contributed by atoms with E-state index < -0.39 is 20.3 Å². The maximum absolute atomic E-state index is 11.7. The molecule has 2 heterocycles. The molecule has 0 aromatic carbocycles. The van der Waals surface area contributed by atoms with Gasteiger partial charge in [0.15, 0.2) is 9.84 Å². The molecule has 1 saturated heterocycles. The number of hydrogen-bond donors (Lipinski definition) is 0. The van der Waals surface area contributed by atoms with E-state index in [4.69, 9.17) is 11.6 Å². The zero-order valence-electron chi connectivity index (χ0n) is 11.5. The fourth-order valence-corrected chi connectivity index (χ4v) is 5.00. The molecule has 0 bridgehead atoms. The van der Waals surface area contributed by atoms with Gasteiger partial charge in [0.05, 0.1) is 22.0 Å². The van der Waals surface area contributed by atoms with Gasteiger partial charge in [0.25, 0.3) is 0 Å². The fraction of sp³-hybridized carbons (Fsp3) is 0.727. The summed E-state index contributed by atoms with van der Waals surface area (Å²) in [7, 11) is -3.15. The molecule has 0 amide bonds. The van der Waals surface area contributed by atoms with Gasteiger partial charge >= 0.3 is 5.69 Å².